The van der Waals surface area contributed by atoms with E-state index in [4.69, 9.17) is 10.2 Å². The summed E-state index contributed by atoms with van der Waals surface area (Å²) in [6.45, 7) is -1.19. The van der Waals surface area contributed by atoms with Gasteiger partial charge in [-0.15, -0.1) is 0 Å². The molecule has 8 heteroatoms. The molecule has 0 aromatic carbocycles. The van der Waals surface area contributed by atoms with Crippen LogP contribution in [0.5, 0.6) is 0 Å². The van der Waals surface area contributed by atoms with Crippen LogP contribution in [0.25, 0.3) is 0 Å². The van der Waals surface area contributed by atoms with E-state index in [-0.39, 0.29) is 36.0 Å². The van der Waals surface area contributed by atoms with Gasteiger partial charge < -0.3 is 10.2 Å². The van der Waals surface area contributed by atoms with Gasteiger partial charge in [-0.2, -0.15) is 25.4 Å². The molecule has 1 unspecified atom stereocenters. The summed E-state index contributed by atoms with van der Waals surface area (Å²) in [6.07, 6.45) is -3.99. The molecule has 0 aromatic heterocycles. The molecule has 1 atom stereocenters. The summed E-state index contributed by atoms with van der Waals surface area (Å²) in [5.74, 6) is 0. The quantitative estimate of drug-likeness (QED) is 0.469. The van der Waals surface area contributed by atoms with Crippen LogP contribution >= 0.6 is 0 Å². The molecule has 0 bridgehead atoms. The van der Waals surface area contributed by atoms with E-state index in [9.17, 15) is 13.2 Å². The Morgan fingerprint density at radius 3 is 2.36 bits per heavy atom. The van der Waals surface area contributed by atoms with Crippen LogP contribution in [0.15, 0.2) is 5.10 Å². The van der Waals surface area contributed by atoms with E-state index < -0.39 is 18.9 Å². The van der Waals surface area contributed by atoms with Crippen molar-refractivity contribution in [1.29, 1.82) is 0 Å². The summed E-state index contributed by atoms with van der Waals surface area (Å²) in [6, 6.07) is 0. The number of nitrogens with zero attached hydrogens (tertiary/aromatic N) is 2. The maximum Gasteiger partial charge on any atom is 1.00 e. The summed E-state index contributed by atoms with van der Waals surface area (Å²) >= 11 is 0. The van der Waals surface area contributed by atoms with Crippen LogP contribution < -0.4 is 34.7 Å². The fourth-order valence-corrected chi connectivity index (χ4v) is 0.775. The van der Waals surface area contributed by atoms with Gasteiger partial charge in [0.2, 0.25) is 0 Å². The van der Waals surface area contributed by atoms with Crippen LogP contribution in [0.4, 0.5) is 13.2 Å². The number of hydrogen-bond acceptors (Lipinski definition) is 4. The second-order valence-corrected chi connectivity index (χ2v) is 2.23. The van der Waals surface area contributed by atoms with Crippen LogP contribution in [0, 0.1) is 0 Å². The number of alkyl halides is 3. The third kappa shape index (κ3) is 6.61. The van der Waals surface area contributed by atoms with E-state index in [1.165, 1.54) is 6.21 Å². The average Bonchev–Trinajstić information content (AvgIpc) is 2.38. The largest absolute Gasteiger partial charge is 1.00 e. The molecular formula is C6H10F3N2NaO2. The molecule has 0 aliphatic carbocycles. The van der Waals surface area contributed by atoms with Crippen molar-refractivity contribution in [3.8, 4) is 0 Å². The zero-order valence-corrected chi connectivity index (χ0v) is 9.95. The monoisotopic (exact) mass is 222 g/mol. The predicted molar refractivity (Wildman–Crippen MR) is 37.8 cm³/mol. The Kier molecular flexibility index (Phi) is 8.86. The molecule has 78 valence electrons. The SMILES string of the molecule is C[O-].OC1CC=NN1CC(F)(F)F.[Na+]. The third-order valence-electron chi connectivity index (χ3n) is 1.23. The zero-order chi connectivity index (χ0) is 10.5. The second-order valence-electron chi connectivity index (χ2n) is 2.23. The van der Waals surface area contributed by atoms with Crippen LogP contribution in [-0.2, 0) is 0 Å². The second kappa shape index (κ2) is 7.47. The van der Waals surface area contributed by atoms with Crippen molar-refractivity contribution < 1.29 is 52.9 Å². The molecule has 1 aliphatic rings. The molecule has 4 nitrogen and oxygen atoms in total. The predicted octanol–water partition coefficient (Wildman–Crippen LogP) is -3.46. The Balaban J connectivity index is 0. The first-order valence-electron chi connectivity index (χ1n) is 3.44. The smallest absolute Gasteiger partial charge is 0.857 e. The van der Waals surface area contributed by atoms with Gasteiger partial charge in [-0.05, 0) is 0 Å². The van der Waals surface area contributed by atoms with Crippen molar-refractivity contribution in [3.05, 3.63) is 0 Å². The molecule has 0 spiro atoms. The number of rotatable bonds is 1. The number of hydrogen-bond donors (Lipinski definition) is 1. The van der Waals surface area contributed by atoms with E-state index in [1.807, 2.05) is 0 Å². The van der Waals surface area contributed by atoms with Gasteiger partial charge in [0.15, 0.2) is 0 Å². The zero-order valence-electron chi connectivity index (χ0n) is 7.95. The number of halogens is 3. The Bertz CT molecular complexity index is 177. The first-order chi connectivity index (χ1) is 5.99. The van der Waals surface area contributed by atoms with Crippen molar-refractivity contribution in [1.82, 2.24) is 5.01 Å². The van der Waals surface area contributed by atoms with Crippen LogP contribution in [-0.4, -0.2) is 42.4 Å². The van der Waals surface area contributed by atoms with Crippen molar-refractivity contribution in [3.63, 3.8) is 0 Å². The van der Waals surface area contributed by atoms with Crippen molar-refractivity contribution in [2.45, 2.75) is 18.8 Å². The van der Waals surface area contributed by atoms with Gasteiger partial charge in [-0.25, -0.2) is 0 Å². The average molecular weight is 222 g/mol. The van der Waals surface area contributed by atoms with Gasteiger partial charge in [0.05, 0.1) is 0 Å². The van der Waals surface area contributed by atoms with E-state index in [1.54, 1.807) is 0 Å². The fraction of sp³-hybridized carbons (Fsp3) is 0.833. The number of hydrazone groups is 1. The molecule has 1 N–H and O–H groups in total. The topological polar surface area (TPSA) is 58.9 Å². The molecule has 1 heterocycles. The summed E-state index contributed by atoms with van der Waals surface area (Å²) in [7, 11) is 0.750. The molecule has 0 radical (unpaired) electrons. The first kappa shape index (κ1) is 16.6. The molecule has 1 rings (SSSR count). The Hall–Kier alpha value is 0.180. The molecule has 14 heavy (non-hydrogen) atoms. The summed E-state index contributed by atoms with van der Waals surface area (Å²) in [5, 5.41) is 21.1. The van der Waals surface area contributed by atoms with Crippen molar-refractivity contribution in [2.24, 2.45) is 5.10 Å². The van der Waals surface area contributed by atoms with Gasteiger partial charge in [0, 0.05) is 12.6 Å². The van der Waals surface area contributed by atoms with Gasteiger partial charge in [-0.3, -0.25) is 5.01 Å². The summed E-state index contributed by atoms with van der Waals surface area (Å²) in [4.78, 5) is 0. The van der Waals surface area contributed by atoms with Gasteiger partial charge in [0.25, 0.3) is 0 Å². The summed E-state index contributed by atoms with van der Waals surface area (Å²) < 4.78 is 35.0. The molecule has 0 saturated heterocycles. The van der Waals surface area contributed by atoms with Crippen LogP contribution in [0.3, 0.4) is 0 Å². The molecule has 1 aliphatic heterocycles. The number of aliphatic hydroxyl groups excluding tert-OH is 1. The molecule has 0 amide bonds. The normalized spacial score (nSPS) is 19.9. The minimum atomic E-state index is -4.30. The molecule has 0 saturated carbocycles. The molecular weight excluding hydrogens is 212 g/mol. The van der Waals surface area contributed by atoms with Crippen LogP contribution in [0.1, 0.15) is 6.42 Å². The Morgan fingerprint density at radius 2 is 2.07 bits per heavy atom. The minimum absolute atomic E-state index is 0. The third-order valence-corrected chi connectivity index (χ3v) is 1.23. The van der Waals surface area contributed by atoms with Crippen LogP contribution in [0.2, 0.25) is 0 Å². The fourth-order valence-electron chi connectivity index (χ4n) is 0.775. The van der Waals surface area contributed by atoms with Gasteiger partial charge >= 0.3 is 35.7 Å². The van der Waals surface area contributed by atoms with E-state index >= 15 is 0 Å². The van der Waals surface area contributed by atoms with Crippen molar-refractivity contribution in [2.75, 3.05) is 13.7 Å². The maximum atomic E-state index is 11.7. The molecule has 0 fully saturated rings. The van der Waals surface area contributed by atoms with Gasteiger partial charge in [-0.1, -0.05) is 0 Å². The van der Waals surface area contributed by atoms with E-state index in [0.717, 1.165) is 7.11 Å². The molecule has 0 aromatic rings. The van der Waals surface area contributed by atoms with E-state index in [2.05, 4.69) is 5.10 Å². The number of aliphatic hydroxyl groups is 1. The Labute approximate surface area is 102 Å². The first-order valence-corrected chi connectivity index (χ1v) is 3.44. The maximum absolute atomic E-state index is 11.7. The van der Waals surface area contributed by atoms with E-state index in [0.29, 0.717) is 5.01 Å². The minimum Gasteiger partial charge on any atom is -0.857 e. The van der Waals surface area contributed by atoms with Crippen molar-refractivity contribution >= 4 is 6.21 Å². The van der Waals surface area contributed by atoms with Gasteiger partial charge in [0.1, 0.15) is 12.8 Å². The summed E-state index contributed by atoms with van der Waals surface area (Å²) in [5.41, 5.74) is 0. The standard InChI is InChI=1S/C5H7F3N2O.CH3O.Na/c6-5(7,8)3-10-4(11)1-2-9-10;1-2;/h2,4,11H,1,3H2;1H3;/q;-1;+1. The Morgan fingerprint density at radius 1 is 1.57 bits per heavy atom.